The van der Waals surface area contributed by atoms with E-state index in [1.807, 2.05) is 13.0 Å². The van der Waals surface area contributed by atoms with Crippen LogP contribution in [0.2, 0.25) is 0 Å². The maximum atomic E-state index is 5.65. The molecule has 2 rings (SSSR count). The first-order chi connectivity index (χ1) is 5.75. The Morgan fingerprint density at radius 3 is 2.92 bits per heavy atom. The SMILES string of the molecule is Cc1cnnc(N2CC(N)C2)c1. The van der Waals surface area contributed by atoms with Crippen LogP contribution >= 0.6 is 0 Å². The second-order valence-corrected chi connectivity index (χ2v) is 3.26. The fourth-order valence-electron chi connectivity index (χ4n) is 1.30. The number of hydrogen-bond acceptors (Lipinski definition) is 4. The van der Waals surface area contributed by atoms with Gasteiger partial charge in [-0.05, 0) is 18.6 Å². The zero-order chi connectivity index (χ0) is 8.55. The number of aromatic nitrogens is 2. The first-order valence-electron chi connectivity index (χ1n) is 4.05. The van der Waals surface area contributed by atoms with Gasteiger partial charge in [0.1, 0.15) is 0 Å². The van der Waals surface area contributed by atoms with Crippen LogP contribution in [0.5, 0.6) is 0 Å². The van der Waals surface area contributed by atoms with Crippen LogP contribution in [0.1, 0.15) is 5.56 Å². The number of rotatable bonds is 1. The Labute approximate surface area is 71.4 Å². The van der Waals surface area contributed by atoms with Gasteiger partial charge in [-0.2, -0.15) is 5.10 Å². The molecule has 1 saturated heterocycles. The molecule has 4 nitrogen and oxygen atoms in total. The highest BCUT2D eigenvalue weighted by Crippen LogP contribution is 2.16. The lowest BCUT2D eigenvalue weighted by Gasteiger charge is -2.37. The molecule has 1 aromatic heterocycles. The van der Waals surface area contributed by atoms with Gasteiger partial charge in [0, 0.05) is 19.1 Å². The fraction of sp³-hybridized carbons (Fsp3) is 0.500. The smallest absolute Gasteiger partial charge is 0.151 e. The molecule has 0 bridgehead atoms. The summed E-state index contributed by atoms with van der Waals surface area (Å²) in [5.41, 5.74) is 6.79. The van der Waals surface area contributed by atoms with Crippen molar-refractivity contribution in [3.05, 3.63) is 17.8 Å². The minimum atomic E-state index is 0.312. The molecule has 0 saturated carbocycles. The highest BCUT2D eigenvalue weighted by Gasteiger charge is 2.24. The standard InChI is InChI=1S/C8H12N4/c1-6-2-8(11-10-3-6)12-4-7(9)5-12/h2-3,7H,4-5,9H2,1H3. The summed E-state index contributed by atoms with van der Waals surface area (Å²) in [5.74, 6) is 0.941. The van der Waals surface area contributed by atoms with Gasteiger partial charge in [-0.1, -0.05) is 0 Å². The molecule has 12 heavy (non-hydrogen) atoms. The lowest BCUT2D eigenvalue weighted by Crippen LogP contribution is -2.56. The van der Waals surface area contributed by atoms with Crippen molar-refractivity contribution in [2.45, 2.75) is 13.0 Å². The zero-order valence-electron chi connectivity index (χ0n) is 7.07. The summed E-state index contributed by atoms with van der Waals surface area (Å²) in [6, 6.07) is 2.34. The van der Waals surface area contributed by atoms with Gasteiger partial charge in [0.15, 0.2) is 5.82 Å². The summed E-state index contributed by atoms with van der Waals surface area (Å²) in [4.78, 5) is 2.13. The third-order valence-corrected chi connectivity index (χ3v) is 2.01. The van der Waals surface area contributed by atoms with Crippen molar-refractivity contribution < 1.29 is 0 Å². The topological polar surface area (TPSA) is 55.0 Å². The van der Waals surface area contributed by atoms with E-state index in [1.165, 1.54) is 0 Å². The summed E-state index contributed by atoms with van der Waals surface area (Å²) >= 11 is 0. The Morgan fingerprint density at radius 1 is 1.58 bits per heavy atom. The largest absolute Gasteiger partial charge is 0.352 e. The highest BCUT2D eigenvalue weighted by atomic mass is 15.3. The van der Waals surface area contributed by atoms with Gasteiger partial charge in [-0.15, -0.1) is 5.10 Å². The number of aryl methyl sites for hydroxylation is 1. The maximum absolute atomic E-state index is 5.65. The van der Waals surface area contributed by atoms with E-state index in [9.17, 15) is 0 Å². The third kappa shape index (κ3) is 1.25. The minimum absolute atomic E-state index is 0.312. The van der Waals surface area contributed by atoms with Crippen LogP contribution in [0, 0.1) is 6.92 Å². The molecular formula is C8H12N4. The van der Waals surface area contributed by atoms with E-state index in [0.29, 0.717) is 6.04 Å². The Hall–Kier alpha value is -1.16. The van der Waals surface area contributed by atoms with Gasteiger partial charge in [-0.25, -0.2) is 0 Å². The Balaban J connectivity index is 2.13. The Bertz CT molecular complexity index is 280. The molecule has 1 aliphatic rings. The molecule has 0 atom stereocenters. The van der Waals surface area contributed by atoms with Gasteiger partial charge in [0.25, 0.3) is 0 Å². The van der Waals surface area contributed by atoms with E-state index in [-0.39, 0.29) is 0 Å². The van der Waals surface area contributed by atoms with Gasteiger partial charge in [0.2, 0.25) is 0 Å². The van der Waals surface area contributed by atoms with Crippen molar-refractivity contribution in [1.29, 1.82) is 0 Å². The quantitative estimate of drug-likeness (QED) is 0.631. The summed E-state index contributed by atoms with van der Waals surface area (Å²) < 4.78 is 0. The Morgan fingerprint density at radius 2 is 2.33 bits per heavy atom. The van der Waals surface area contributed by atoms with Crippen LogP contribution in [0.3, 0.4) is 0 Å². The predicted octanol–water partition coefficient (Wildman–Crippen LogP) is -0.0677. The molecule has 1 aliphatic heterocycles. The van der Waals surface area contributed by atoms with Crippen molar-refractivity contribution >= 4 is 5.82 Å². The molecule has 2 heterocycles. The van der Waals surface area contributed by atoms with Crippen molar-refractivity contribution in [3.63, 3.8) is 0 Å². The third-order valence-electron chi connectivity index (χ3n) is 2.01. The molecule has 2 N–H and O–H groups in total. The molecule has 64 valence electrons. The molecule has 1 aromatic rings. The van der Waals surface area contributed by atoms with Gasteiger partial charge in [0.05, 0.1) is 6.20 Å². The fourth-order valence-corrected chi connectivity index (χ4v) is 1.30. The highest BCUT2D eigenvalue weighted by molar-refractivity contribution is 5.42. The molecule has 0 unspecified atom stereocenters. The van der Waals surface area contributed by atoms with Crippen molar-refractivity contribution in [2.24, 2.45) is 5.73 Å². The average molecular weight is 164 g/mol. The molecule has 0 spiro atoms. The summed E-state index contributed by atoms with van der Waals surface area (Å²) in [5, 5.41) is 7.90. The molecule has 0 radical (unpaired) electrons. The molecule has 0 aromatic carbocycles. The average Bonchev–Trinajstić information content (AvgIpc) is 1.99. The molecule has 0 aliphatic carbocycles. The van der Waals surface area contributed by atoms with E-state index in [4.69, 9.17) is 5.73 Å². The predicted molar refractivity (Wildman–Crippen MR) is 47.0 cm³/mol. The normalized spacial score (nSPS) is 17.7. The summed E-state index contributed by atoms with van der Waals surface area (Å²) in [6.07, 6.45) is 1.75. The number of anilines is 1. The zero-order valence-corrected chi connectivity index (χ0v) is 7.07. The van der Waals surface area contributed by atoms with E-state index in [0.717, 1.165) is 24.5 Å². The van der Waals surface area contributed by atoms with Gasteiger partial charge >= 0.3 is 0 Å². The van der Waals surface area contributed by atoms with Crippen LogP contribution in [0.25, 0.3) is 0 Å². The summed E-state index contributed by atoms with van der Waals surface area (Å²) in [6.45, 7) is 3.81. The van der Waals surface area contributed by atoms with Crippen molar-refractivity contribution in [2.75, 3.05) is 18.0 Å². The van der Waals surface area contributed by atoms with E-state index < -0.39 is 0 Å². The maximum Gasteiger partial charge on any atom is 0.151 e. The van der Waals surface area contributed by atoms with Crippen LogP contribution in [-0.4, -0.2) is 29.3 Å². The lowest BCUT2D eigenvalue weighted by atomic mass is 10.1. The molecule has 0 amide bonds. The second-order valence-electron chi connectivity index (χ2n) is 3.26. The van der Waals surface area contributed by atoms with Gasteiger partial charge < -0.3 is 10.6 Å². The summed E-state index contributed by atoms with van der Waals surface area (Å²) in [7, 11) is 0. The van der Waals surface area contributed by atoms with Crippen molar-refractivity contribution in [1.82, 2.24) is 10.2 Å². The van der Waals surface area contributed by atoms with Crippen LogP contribution in [0.15, 0.2) is 12.3 Å². The first kappa shape index (κ1) is 7.49. The number of nitrogens with two attached hydrogens (primary N) is 1. The lowest BCUT2D eigenvalue weighted by molar-refractivity contribution is 0.512. The minimum Gasteiger partial charge on any atom is -0.352 e. The van der Waals surface area contributed by atoms with E-state index in [2.05, 4.69) is 15.1 Å². The molecule has 4 heteroatoms. The Kier molecular flexibility index (Phi) is 1.69. The van der Waals surface area contributed by atoms with Crippen molar-refractivity contribution in [3.8, 4) is 0 Å². The molecular weight excluding hydrogens is 152 g/mol. The van der Waals surface area contributed by atoms with E-state index >= 15 is 0 Å². The van der Waals surface area contributed by atoms with Crippen LogP contribution in [-0.2, 0) is 0 Å². The number of nitrogens with zero attached hydrogens (tertiary/aromatic N) is 3. The number of hydrogen-bond donors (Lipinski definition) is 1. The molecule has 1 fully saturated rings. The second kappa shape index (κ2) is 2.71. The van der Waals surface area contributed by atoms with Crippen LogP contribution < -0.4 is 10.6 Å². The van der Waals surface area contributed by atoms with Crippen LogP contribution in [0.4, 0.5) is 5.82 Å². The first-order valence-corrected chi connectivity index (χ1v) is 4.05. The monoisotopic (exact) mass is 164 g/mol. The van der Waals surface area contributed by atoms with Gasteiger partial charge in [-0.3, -0.25) is 0 Å². The van der Waals surface area contributed by atoms with E-state index in [1.54, 1.807) is 6.20 Å².